The van der Waals surface area contributed by atoms with Gasteiger partial charge in [0.1, 0.15) is 6.61 Å². The van der Waals surface area contributed by atoms with E-state index in [1.165, 1.54) is 18.2 Å². The average molecular weight is 491 g/mol. The molecule has 0 aromatic heterocycles. The highest BCUT2D eigenvalue weighted by Crippen LogP contribution is 2.44. The van der Waals surface area contributed by atoms with Crippen molar-refractivity contribution in [3.8, 4) is 11.1 Å². The largest absolute Gasteiger partial charge is 0.481 e. The van der Waals surface area contributed by atoms with E-state index >= 15 is 0 Å². The summed E-state index contributed by atoms with van der Waals surface area (Å²) in [6.07, 6.45) is 0.141. The molecule has 7 nitrogen and oxygen atoms in total. The van der Waals surface area contributed by atoms with Crippen LogP contribution in [0, 0.1) is 5.92 Å². The van der Waals surface area contributed by atoms with Crippen molar-refractivity contribution in [3.05, 3.63) is 88.4 Å². The molecule has 1 saturated carbocycles. The van der Waals surface area contributed by atoms with Gasteiger partial charge in [0.25, 0.3) is 5.91 Å². The Hall–Kier alpha value is -3.84. The maximum atomic E-state index is 12.6. The van der Waals surface area contributed by atoms with Crippen LogP contribution in [0.25, 0.3) is 11.1 Å². The smallest absolute Gasteiger partial charge is 0.411 e. The van der Waals surface area contributed by atoms with Gasteiger partial charge in [-0.15, -0.1) is 0 Å². The number of carboxylic acid groups (broad SMARTS) is 1. The molecule has 0 heterocycles. The normalized spacial score (nSPS) is 18.1. The fourth-order valence-electron chi connectivity index (χ4n) is 4.75. The minimum absolute atomic E-state index is 0.0639. The fraction of sp³-hybridized carbons (Fsp3) is 0.222. The predicted molar refractivity (Wildman–Crippen MR) is 132 cm³/mol. The maximum Gasteiger partial charge on any atom is 0.411 e. The van der Waals surface area contributed by atoms with E-state index in [0.29, 0.717) is 18.5 Å². The molecule has 178 valence electrons. The lowest BCUT2D eigenvalue weighted by Crippen LogP contribution is -2.46. The van der Waals surface area contributed by atoms with Crippen molar-refractivity contribution in [3.63, 3.8) is 0 Å². The number of rotatable bonds is 6. The molecule has 0 spiro atoms. The number of anilines is 1. The molecule has 2 aliphatic carbocycles. The van der Waals surface area contributed by atoms with Crippen molar-refractivity contribution in [2.45, 2.75) is 24.8 Å². The van der Waals surface area contributed by atoms with E-state index in [1.54, 1.807) is 0 Å². The van der Waals surface area contributed by atoms with Crippen molar-refractivity contribution in [1.82, 2.24) is 5.32 Å². The minimum Gasteiger partial charge on any atom is -0.481 e. The quantitative estimate of drug-likeness (QED) is 0.435. The van der Waals surface area contributed by atoms with Gasteiger partial charge < -0.3 is 15.2 Å². The summed E-state index contributed by atoms with van der Waals surface area (Å²) < 4.78 is 5.56. The number of hydrogen-bond acceptors (Lipinski definition) is 4. The van der Waals surface area contributed by atoms with Crippen molar-refractivity contribution in [2.24, 2.45) is 5.92 Å². The van der Waals surface area contributed by atoms with Crippen LogP contribution < -0.4 is 10.6 Å². The number of halogens is 1. The number of carbonyl (C=O) groups excluding carboxylic acids is 2. The summed E-state index contributed by atoms with van der Waals surface area (Å²) in [7, 11) is 0. The van der Waals surface area contributed by atoms with E-state index in [4.69, 9.17) is 21.4 Å². The fourth-order valence-corrected chi connectivity index (χ4v) is 4.99. The van der Waals surface area contributed by atoms with Gasteiger partial charge in [-0.2, -0.15) is 0 Å². The zero-order valence-electron chi connectivity index (χ0n) is 18.7. The van der Waals surface area contributed by atoms with Crippen LogP contribution in [0.5, 0.6) is 0 Å². The van der Waals surface area contributed by atoms with Crippen molar-refractivity contribution in [1.29, 1.82) is 0 Å². The summed E-state index contributed by atoms with van der Waals surface area (Å²) in [5.74, 6) is -1.72. The van der Waals surface area contributed by atoms with Crippen molar-refractivity contribution in [2.75, 3.05) is 11.9 Å². The Labute approximate surface area is 207 Å². The molecular weight excluding hydrogens is 468 g/mol. The first-order chi connectivity index (χ1) is 16.9. The zero-order valence-corrected chi connectivity index (χ0v) is 19.4. The summed E-state index contributed by atoms with van der Waals surface area (Å²) >= 11 is 6.17. The highest BCUT2D eigenvalue weighted by atomic mass is 35.5. The second-order valence-electron chi connectivity index (χ2n) is 8.86. The van der Waals surface area contributed by atoms with Crippen LogP contribution >= 0.6 is 11.6 Å². The van der Waals surface area contributed by atoms with Gasteiger partial charge in [-0.25, -0.2) is 4.79 Å². The first-order valence-electron chi connectivity index (χ1n) is 11.4. The predicted octanol–water partition coefficient (Wildman–Crippen LogP) is 5.29. The van der Waals surface area contributed by atoms with Crippen LogP contribution in [-0.2, 0) is 9.53 Å². The molecule has 0 saturated heterocycles. The molecule has 35 heavy (non-hydrogen) atoms. The lowest BCUT2D eigenvalue weighted by molar-refractivity contribution is -0.145. The Bertz CT molecular complexity index is 1270. The Morgan fingerprint density at radius 1 is 0.943 bits per heavy atom. The van der Waals surface area contributed by atoms with Gasteiger partial charge in [0, 0.05) is 28.2 Å². The van der Waals surface area contributed by atoms with Gasteiger partial charge in [0.2, 0.25) is 0 Å². The van der Waals surface area contributed by atoms with E-state index in [1.807, 2.05) is 36.4 Å². The number of ether oxygens (including phenoxy) is 1. The van der Waals surface area contributed by atoms with Crippen LogP contribution in [0.15, 0.2) is 66.7 Å². The van der Waals surface area contributed by atoms with Crippen LogP contribution in [-0.4, -0.2) is 35.7 Å². The molecule has 2 amide bonds. The van der Waals surface area contributed by atoms with Gasteiger partial charge >= 0.3 is 12.1 Å². The van der Waals surface area contributed by atoms with Crippen LogP contribution in [0.2, 0.25) is 5.02 Å². The number of aliphatic carboxylic acids is 1. The summed E-state index contributed by atoms with van der Waals surface area (Å²) in [5, 5.41) is 14.7. The average Bonchev–Trinajstić information content (AvgIpc) is 3.12. The van der Waals surface area contributed by atoms with E-state index in [2.05, 4.69) is 22.8 Å². The standard InChI is InChI=1S/C27H23ClN2O5/c28-17-9-15(25(31)29-18-11-16(12-18)26(32)33)10-19(13-17)30-27(34)35-14-24-22-7-3-1-5-20(22)21-6-2-4-8-23(21)24/h1-10,13,16,18,24H,11-12,14H2,(H,29,31)(H,30,34)(H,32,33). The third kappa shape index (κ3) is 4.72. The number of nitrogens with one attached hydrogen (secondary N) is 2. The molecule has 3 N–H and O–H groups in total. The summed E-state index contributed by atoms with van der Waals surface area (Å²) in [6, 6.07) is 20.5. The van der Waals surface area contributed by atoms with E-state index in [-0.39, 0.29) is 35.1 Å². The first kappa shape index (κ1) is 22.9. The number of amides is 2. The van der Waals surface area contributed by atoms with Gasteiger partial charge in [0.15, 0.2) is 0 Å². The maximum absolute atomic E-state index is 12.6. The number of carbonyl (C=O) groups is 3. The molecule has 3 aromatic rings. The summed E-state index contributed by atoms with van der Waals surface area (Å²) in [5.41, 5.74) is 5.11. The Balaban J connectivity index is 1.22. The topological polar surface area (TPSA) is 105 Å². The Kier molecular flexibility index (Phi) is 6.17. The highest BCUT2D eigenvalue weighted by molar-refractivity contribution is 6.31. The monoisotopic (exact) mass is 490 g/mol. The number of fused-ring (bicyclic) bond motifs is 3. The summed E-state index contributed by atoms with van der Waals surface area (Å²) in [6.45, 7) is 0.167. The molecule has 0 aliphatic heterocycles. The van der Waals surface area contributed by atoms with Crippen LogP contribution in [0.4, 0.5) is 10.5 Å². The molecule has 0 bridgehead atoms. The van der Waals surface area contributed by atoms with Gasteiger partial charge in [-0.1, -0.05) is 60.1 Å². The molecular formula is C27H23ClN2O5. The second-order valence-corrected chi connectivity index (χ2v) is 9.29. The molecule has 0 atom stereocenters. The molecule has 2 aliphatic rings. The third-order valence-corrected chi connectivity index (χ3v) is 6.79. The summed E-state index contributed by atoms with van der Waals surface area (Å²) in [4.78, 5) is 36.1. The lowest BCUT2D eigenvalue weighted by atomic mass is 9.80. The van der Waals surface area contributed by atoms with E-state index < -0.39 is 18.0 Å². The second kappa shape index (κ2) is 9.43. The number of benzene rings is 3. The molecule has 1 fully saturated rings. The molecule has 5 rings (SSSR count). The molecule has 8 heteroatoms. The van der Waals surface area contributed by atoms with E-state index in [9.17, 15) is 14.4 Å². The zero-order chi connectivity index (χ0) is 24.5. The molecule has 0 radical (unpaired) electrons. The van der Waals surface area contributed by atoms with Gasteiger partial charge in [-0.3, -0.25) is 14.9 Å². The van der Waals surface area contributed by atoms with Crippen LogP contribution in [0.3, 0.4) is 0 Å². The minimum atomic E-state index is -0.854. The highest BCUT2D eigenvalue weighted by Gasteiger charge is 2.35. The molecule has 0 unspecified atom stereocenters. The SMILES string of the molecule is O=C(Nc1cc(Cl)cc(C(=O)NC2CC(C(=O)O)C2)c1)OCC1c2ccccc2-c2ccccc21. The third-order valence-electron chi connectivity index (χ3n) is 6.57. The number of hydrogen-bond donors (Lipinski definition) is 3. The van der Waals surface area contributed by atoms with E-state index in [0.717, 1.165) is 22.3 Å². The Morgan fingerprint density at radius 2 is 1.57 bits per heavy atom. The van der Waals surface area contributed by atoms with Crippen molar-refractivity contribution >= 4 is 35.3 Å². The lowest BCUT2D eigenvalue weighted by Gasteiger charge is -2.32. The Morgan fingerprint density at radius 3 is 2.20 bits per heavy atom. The first-order valence-corrected chi connectivity index (χ1v) is 11.7. The molecule has 3 aromatic carbocycles. The van der Waals surface area contributed by atoms with Crippen molar-refractivity contribution < 1.29 is 24.2 Å². The number of carboxylic acids is 1. The van der Waals surface area contributed by atoms with Crippen LogP contribution in [0.1, 0.15) is 40.2 Å². The van der Waals surface area contributed by atoms with Gasteiger partial charge in [0.05, 0.1) is 5.92 Å². The van der Waals surface area contributed by atoms with Gasteiger partial charge in [-0.05, 0) is 53.3 Å².